The first kappa shape index (κ1) is 19.4. The molecule has 2 aromatic rings. The summed E-state index contributed by atoms with van der Waals surface area (Å²) in [5.41, 5.74) is 0. The Bertz CT molecular complexity index is 715. The molecule has 0 aliphatic rings. The van der Waals surface area contributed by atoms with Gasteiger partial charge in [-0.15, -0.1) is 0 Å². The Labute approximate surface area is 148 Å². The van der Waals surface area contributed by atoms with Gasteiger partial charge in [-0.1, -0.05) is 91.5 Å². The average molecular weight is 389 g/mol. The third kappa shape index (κ3) is 4.43. The minimum atomic E-state index is -2.92. The Hall–Kier alpha value is -1.63. The van der Waals surface area contributed by atoms with E-state index >= 15 is 0 Å². The van der Waals surface area contributed by atoms with E-state index in [0.717, 1.165) is 15.1 Å². The van der Waals surface area contributed by atoms with E-state index in [1.807, 2.05) is 68.4 Å². The maximum Gasteiger partial charge on any atom is 0.170 e. The van der Waals surface area contributed by atoms with Crippen LogP contribution in [-0.2, 0) is 4.57 Å². The molecule has 0 fully saturated rings. The van der Waals surface area contributed by atoms with Crippen LogP contribution in [0.1, 0.15) is 13.8 Å². The Kier molecular flexibility index (Phi) is 8.02. The number of rotatable bonds is 5. The second-order valence-electron chi connectivity index (χ2n) is 4.45. The summed E-state index contributed by atoms with van der Waals surface area (Å²) < 4.78 is 14.8. The normalized spacial score (nSPS) is 13.3. The molecule has 0 aliphatic heterocycles. The molecule has 0 saturated heterocycles. The number of benzene rings is 2. The molecule has 0 radical (unpaired) electrons. The van der Waals surface area contributed by atoms with Crippen LogP contribution in [0.5, 0.6) is 0 Å². The van der Waals surface area contributed by atoms with Crippen LogP contribution in [0.2, 0.25) is 0 Å². The molecule has 2 rings (SSSR count). The van der Waals surface area contributed by atoms with Crippen molar-refractivity contribution < 1.29 is 4.57 Å². The largest absolute Gasteiger partial charge is 0.309 e. The van der Waals surface area contributed by atoms with Crippen molar-refractivity contribution in [1.82, 2.24) is 0 Å². The molecule has 1 unspecified atom stereocenters. The first-order valence-corrected chi connectivity index (χ1v) is 10.0. The van der Waals surface area contributed by atoms with Gasteiger partial charge in [-0.05, 0) is 24.3 Å². The van der Waals surface area contributed by atoms with Crippen molar-refractivity contribution in [3.8, 4) is 0 Å². The molecule has 0 N–H and O–H groups in total. The molecule has 23 heavy (non-hydrogen) atoms. The van der Waals surface area contributed by atoms with Crippen LogP contribution in [0.25, 0.3) is 0 Å². The van der Waals surface area contributed by atoms with Crippen LogP contribution in [0.15, 0.2) is 95.8 Å². The fourth-order valence-corrected chi connectivity index (χ4v) is 5.05. The standard InChI is InChI=1S/C18H16BrOP.C2H6/c1-3-8-16(4-2)21(20,17-9-6-5-7-10-17)18-13-11-15(19)12-14-18;1-2/h3-14H,1-2H2;1-2H3/b16-8+;. The summed E-state index contributed by atoms with van der Waals surface area (Å²) in [6, 6.07) is 17.1. The molecule has 0 amide bonds. The lowest BCUT2D eigenvalue weighted by molar-refractivity contribution is 0.591. The maximum atomic E-state index is 13.8. The van der Waals surface area contributed by atoms with E-state index in [2.05, 4.69) is 29.1 Å². The van der Waals surface area contributed by atoms with Crippen molar-refractivity contribution in [2.24, 2.45) is 0 Å². The van der Waals surface area contributed by atoms with Crippen molar-refractivity contribution in [3.63, 3.8) is 0 Å². The summed E-state index contributed by atoms with van der Waals surface area (Å²) in [5.74, 6) is 0. The van der Waals surface area contributed by atoms with Gasteiger partial charge in [0.05, 0.1) is 0 Å². The number of allylic oxidation sites excluding steroid dienone is 4. The van der Waals surface area contributed by atoms with Crippen LogP contribution in [0.4, 0.5) is 0 Å². The van der Waals surface area contributed by atoms with Crippen molar-refractivity contribution in [2.75, 3.05) is 0 Å². The minimum Gasteiger partial charge on any atom is -0.309 e. The smallest absolute Gasteiger partial charge is 0.170 e. The molecule has 0 saturated carbocycles. The predicted octanol–water partition coefficient (Wildman–Crippen LogP) is 6.05. The highest BCUT2D eigenvalue weighted by atomic mass is 79.9. The number of halogens is 1. The van der Waals surface area contributed by atoms with E-state index in [1.165, 1.54) is 0 Å². The Morgan fingerprint density at radius 3 is 1.96 bits per heavy atom. The quantitative estimate of drug-likeness (QED) is 0.450. The van der Waals surface area contributed by atoms with Crippen LogP contribution >= 0.6 is 23.1 Å². The number of hydrogen-bond acceptors (Lipinski definition) is 1. The fraction of sp³-hybridized carbons (Fsp3) is 0.100. The molecule has 2 aromatic carbocycles. The van der Waals surface area contributed by atoms with E-state index in [9.17, 15) is 4.57 Å². The molecule has 0 aliphatic carbocycles. The fourth-order valence-electron chi connectivity index (χ4n) is 2.16. The Morgan fingerprint density at radius 2 is 1.48 bits per heavy atom. The summed E-state index contributed by atoms with van der Waals surface area (Å²) in [7, 11) is -2.92. The topological polar surface area (TPSA) is 17.1 Å². The minimum absolute atomic E-state index is 0.686. The van der Waals surface area contributed by atoms with Gasteiger partial charge >= 0.3 is 0 Å². The van der Waals surface area contributed by atoms with Crippen molar-refractivity contribution in [3.05, 3.63) is 95.8 Å². The van der Waals surface area contributed by atoms with Gasteiger partial charge in [0, 0.05) is 20.4 Å². The van der Waals surface area contributed by atoms with E-state index in [-0.39, 0.29) is 0 Å². The van der Waals surface area contributed by atoms with Gasteiger partial charge in [-0.2, -0.15) is 0 Å². The Morgan fingerprint density at radius 1 is 0.957 bits per heavy atom. The molecule has 0 heterocycles. The molecule has 1 atom stereocenters. The van der Waals surface area contributed by atoms with Gasteiger partial charge in [-0.25, -0.2) is 0 Å². The summed E-state index contributed by atoms with van der Waals surface area (Å²) >= 11 is 3.41. The second-order valence-corrected chi connectivity index (χ2v) is 8.14. The third-order valence-corrected chi connectivity index (χ3v) is 6.81. The van der Waals surface area contributed by atoms with Gasteiger partial charge in [0.25, 0.3) is 0 Å². The zero-order valence-corrected chi connectivity index (χ0v) is 16.1. The molecular formula is C20H22BrOP. The molecular weight excluding hydrogens is 367 g/mol. The monoisotopic (exact) mass is 388 g/mol. The lowest BCUT2D eigenvalue weighted by Crippen LogP contribution is -2.16. The van der Waals surface area contributed by atoms with Gasteiger partial charge in [0.15, 0.2) is 7.14 Å². The summed E-state index contributed by atoms with van der Waals surface area (Å²) in [6.45, 7) is 11.5. The van der Waals surface area contributed by atoms with E-state index in [4.69, 9.17) is 0 Å². The lowest BCUT2D eigenvalue weighted by Gasteiger charge is -2.20. The van der Waals surface area contributed by atoms with E-state index in [1.54, 1.807) is 18.2 Å². The van der Waals surface area contributed by atoms with Gasteiger partial charge in [0.2, 0.25) is 0 Å². The first-order valence-electron chi connectivity index (χ1n) is 7.50. The van der Waals surface area contributed by atoms with E-state index < -0.39 is 7.14 Å². The predicted molar refractivity (Wildman–Crippen MR) is 107 cm³/mol. The highest BCUT2D eigenvalue weighted by Crippen LogP contribution is 2.52. The molecule has 3 heteroatoms. The van der Waals surface area contributed by atoms with Crippen LogP contribution in [0, 0.1) is 0 Å². The number of hydrogen-bond donors (Lipinski definition) is 0. The highest BCUT2D eigenvalue weighted by Gasteiger charge is 2.29. The zero-order valence-electron chi connectivity index (χ0n) is 13.6. The maximum absolute atomic E-state index is 13.8. The highest BCUT2D eigenvalue weighted by molar-refractivity contribution is 9.10. The summed E-state index contributed by atoms with van der Waals surface area (Å²) in [5, 5.41) is 2.26. The molecule has 120 valence electrons. The molecule has 0 bridgehead atoms. The third-order valence-electron chi connectivity index (χ3n) is 3.17. The molecule has 1 nitrogen and oxygen atoms in total. The van der Waals surface area contributed by atoms with Crippen LogP contribution in [-0.4, -0.2) is 0 Å². The summed E-state index contributed by atoms with van der Waals surface area (Å²) in [6.07, 6.45) is 5.06. The molecule has 0 spiro atoms. The van der Waals surface area contributed by atoms with Crippen LogP contribution < -0.4 is 10.6 Å². The zero-order chi connectivity index (χ0) is 17.3. The van der Waals surface area contributed by atoms with Gasteiger partial charge in [0.1, 0.15) is 0 Å². The SMILES string of the molecule is C=C/C=C(\C=C)P(=O)(c1ccccc1)c1ccc(Br)cc1.CC. The molecule has 0 aromatic heterocycles. The first-order chi connectivity index (χ1) is 11.1. The van der Waals surface area contributed by atoms with Crippen molar-refractivity contribution in [1.29, 1.82) is 0 Å². The van der Waals surface area contributed by atoms with E-state index in [0.29, 0.717) is 5.31 Å². The van der Waals surface area contributed by atoms with Crippen LogP contribution in [0.3, 0.4) is 0 Å². The summed E-state index contributed by atoms with van der Waals surface area (Å²) in [4.78, 5) is 0. The van der Waals surface area contributed by atoms with Gasteiger partial charge in [-0.3, -0.25) is 0 Å². The lowest BCUT2D eigenvalue weighted by atomic mass is 10.4. The Balaban J connectivity index is 0.00000127. The average Bonchev–Trinajstić information content (AvgIpc) is 2.62. The second kappa shape index (κ2) is 9.50. The van der Waals surface area contributed by atoms with Gasteiger partial charge < -0.3 is 4.57 Å². The van der Waals surface area contributed by atoms with Crippen molar-refractivity contribution >= 4 is 33.7 Å². The van der Waals surface area contributed by atoms with Crippen molar-refractivity contribution in [2.45, 2.75) is 13.8 Å².